The number of carboxylic acid groups (broad SMARTS) is 1. The summed E-state index contributed by atoms with van der Waals surface area (Å²) in [6.45, 7) is 0.825. The van der Waals surface area contributed by atoms with Crippen molar-refractivity contribution in [2.75, 3.05) is 11.9 Å². The summed E-state index contributed by atoms with van der Waals surface area (Å²) in [4.78, 5) is 13.5. The van der Waals surface area contributed by atoms with Crippen LogP contribution < -0.4 is 5.32 Å². The van der Waals surface area contributed by atoms with Crippen LogP contribution in [-0.2, 0) is 11.2 Å². The van der Waals surface area contributed by atoms with Crippen molar-refractivity contribution in [1.82, 2.24) is 4.98 Å². The molecule has 1 aliphatic rings. The highest BCUT2D eigenvalue weighted by molar-refractivity contribution is 5.72. The molecular weight excluding hydrogens is 180 g/mol. The maximum Gasteiger partial charge on any atom is 0.303 e. The highest BCUT2D eigenvalue weighted by Crippen LogP contribution is 2.24. The van der Waals surface area contributed by atoms with E-state index in [0.717, 1.165) is 23.5 Å². The molecule has 0 bridgehead atoms. The predicted molar refractivity (Wildman–Crippen MR) is 54.3 cm³/mol. The van der Waals surface area contributed by atoms with Crippen LogP contribution in [0.4, 0.5) is 5.82 Å². The van der Waals surface area contributed by atoms with Crippen molar-refractivity contribution in [2.45, 2.75) is 12.8 Å². The second-order valence-corrected chi connectivity index (χ2v) is 3.28. The molecule has 0 unspecified atom stereocenters. The number of hydrogen-bond acceptors (Lipinski definition) is 2. The molecule has 0 spiro atoms. The van der Waals surface area contributed by atoms with Gasteiger partial charge in [0.25, 0.3) is 0 Å². The predicted octanol–water partition coefficient (Wildman–Crippen LogP) is 1.47. The average molecular weight is 192 g/mol. The van der Waals surface area contributed by atoms with Gasteiger partial charge in [-0.1, -0.05) is 12.2 Å². The first-order valence-corrected chi connectivity index (χ1v) is 4.60. The number of aromatic nitrogens is 1. The summed E-state index contributed by atoms with van der Waals surface area (Å²) in [5.41, 5.74) is 2.16. The molecule has 0 saturated carbocycles. The van der Waals surface area contributed by atoms with Crippen LogP contribution in [-0.4, -0.2) is 22.6 Å². The zero-order valence-corrected chi connectivity index (χ0v) is 7.71. The van der Waals surface area contributed by atoms with Gasteiger partial charge < -0.3 is 15.4 Å². The van der Waals surface area contributed by atoms with Crippen LogP contribution in [0.2, 0.25) is 0 Å². The molecule has 0 amide bonds. The molecule has 14 heavy (non-hydrogen) atoms. The van der Waals surface area contributed by atoms with Gasteiger partial charge in [-0.25, -0.2) is 0 Å². The first-order valence-electron chi connectivity index (χ1n) is 4.60. The molecule has 1 aromatic rings. The number of anilines is 1. The van der Waals surface area contributed by atoms with Crippen LogP contribution in [0.5, 0.6) is 0 Å². The maximum absolute atomic E-state index is 10.4. The standard InChI is InChI=1S/C10H12N2O2/c13-9(14)4-3-7-6-12-10-8(7)2-1-5-11-10/h1-2,6,11-12H,3-5H2,(H,13,14). The lowest BCUT2D eigenvalue weighted by molar-refractivity contribution is -0.136. The van der Waals surface area contributed by atoms with Gasteiger partial charge in [0, 0.05) is 24.7 Å². The van der Waals surface area contributed by atoms with E-state index in [1.165, 1.54) is 0 Å². The third-order valence-corrected chi connectivity index (χ3v) is 2.30. The normalized spacial score (nSPS) is 13.4. The molecule has 1 aromatic heterocycles. The van der Waals surface area contributed by atoms with Gasteiger partial charge in [0.1, 0.15) is 5.82 Å². The van der Waals surface area contributed by atoms with Crippen LogP contribution in [0.25, 0.3) is 6.08 Å². The Hall–Kier alpha value is -1.71. The van der Waals surface area contributed by atoms with Crippen LogP contribution in [0, 0.1) is 0 Å². The van der Waals surface area contributed by atoms with Crippen molar-refractivity contribution in [3.8, 4) is 0 Å². The SMILES string of the molecule is O=C(O)CCc1c[nH]c2c1C=CCN2. The number of rotatable bonds is 3. The lowest BCUT2D eigenvalue weighted by atomic mass is 10.1. The van der Waals surface area contributed by atoms with Crippen molar-refractivity contribution in [3.05, 3.63) is 23.4 Å². The quantitative estimate of drug-likeness (QED) is 0.679. The Balaban J connectivity index is 2.15. The number of hydrogen-bond donors (Lipinski definition) is 3. The number of aryl methyl sites for hydroxylation is 1. The molecule has 3 N–H and O–H groups in total. The van der Waals surface area contributed by atoms with Gasteiger partial charge in [0.15, 0.2) is 0 Å². The molecule has 1 aliphatic heterocycles. The monoisotopic (exact) mass is 192 g/mol. The Kier molecular flexibility index (Phi) is 2.26. The van der Waals surface area contributed by atoms with Crippen LogP contribution >= 0.6 is 0 Å². The molecule has 0 atom stereocenters. The molecule has 0 saturated heterocycles. The second kappa shape index (κ2) is 3.57. The highest BCUT2D eigenvalue weighted by Gasteiger charge is 2.11. The van der Waals surface area contributed by atoms with Gasteiger partial charge in [-0.3, -0.25) is 4.79 Å². The topological polar surface area (TPSA) is 65.1 Å². The van der Waals surface area contributed by atoms with E-state index < -0.39 is 5.97 Å². The molecule has 0 aliphatic carbocycles. The highest BCUT2D eigenvalue weighted by atomic mass is 16.4. The van der Waals surface area contributed by atoms with Crippen LogP contribution in [0.1, 0.15) is 17.5 Å². The minimum atomic E-state index is -0.757. The van der Waals surface area contributed by atoms with E-state index in [4.69, 9.17) is 5.11 Å². The number of fused-ring (bicyclic) bond motifs is 1. The molecule has 2 heterocycles. The Morgan fingerprint density at radius 1 is 1.57 bits per heavy atom. The summed E-state index contributed by atoms with van der Waals surface area (Å²) < 4.78 is 0. The molecule has 0 radical (unpaired) electrons. The lowest BCUT2D eigenvalue weighted by Crippen LogP contribution is -2.04. The molecule has 74 valence electrons. The number of carbonyl (C=O) groups is 1. The van der Waals surface area contributed by atoms with E-state index in [-0.39, 0.29) is 6.42 Å². The van der Waals surface area contributed by atoms with E-state index in [9.17, 15) is 4.79 Å². The summed E-state index contributed by atoms with van der Waals surface area (Å²) in [6, 6.07) is 0. The minimum Gasteiger partial charge on any atom is -0.481 e. The van der Waals surface area contributed by atoms with Gasteiger partial charge in [-0.2, -0.15) is 0 Å². The fourth-order valence-corrected chi connectivity index (χ4v) is 1.60. The molecule has 2 rings (SSSR count). The van der Waals surface area contributed by atoms with Gasteiger partial charge in [0.2, 0.25) is 0 Å². The van der Waals surface area contributed by atoms with Crippen molar-refractivity contribution in [3.63, 3.8) is 0 Å². The van der Waals surface area contributed by atoms with Gasteiger partial charge in [-0.15, -0.1) is 0 Å². The average Bonchev–Trinajstić information content (AvgIpc) is 2.58. The van der Waals surface area contributed by atoms with Crippen LogP contribution in [0.15, 0.2) is 12.3 Å². The Morgan fingerprint density at radius 3 is 3.21 bits per heavy atom. The fraction of sp³-hybridized carbons (Fsp3) is 0.300. The first-order chi connectivity index (χ1) is 6.77. The fourth-order valence-electron chi connectivity index (χ4n) is 1.60. The summed E-state index contributed by atoms with van der Waals surface area (Å²) in [5, 5.41) is 11.8. The maximum atomic E-state index is 10.4. The number of aliphatic carboxylic acids is 1. The first kappa shape index (κ1) is 8.87. The van der Waals surface area contributed by atoms with Gasteiger partial charge in [0.05, 0.1) is 0 Å². The Labute approximate surface area is 81.6 Å². The number of aromatic amines is 1. The molecule has 4 heteroatoms. The smallest absolute Gasteiger partial charge is 0.303 e. The van der Waals surface area contributed by atoms with E-state index in [2.05, 4.69) is 10.3 Å². The summed E-state index contributed by atoms with van der Waals surface area (Å²) in [7, 11) is 0. The lowest BCUT2D eigenvalue weighted by Gasteiger charge is -2.08. The minimum absolute atomic E-state index is 0.179. The van der Waals surface area contributed by atoms with E-state index in [0.29, 0.717) is 6.42 Å². The largest absolute Gasteiger partial charge is 0.481 e. The number of carboxylic acids is 1. The molecular formula is C10H12N2O2. The third kappa shape index (κ3) is 1.64. The number of nitrogens with one attached hydrogen (secondary N) is 2. The van der Waals surface area contributed by atoms with Crippen molar-refractivity contribution < 1.29 is 9.90 Å². The third-order valence-electron chi connectivity index (χ3n) is 2.30. The Morgan fingerprint density at radius 2 is 2.43 bits per heavy atom. The van der Waals surface area contributed by atoms with Crippen molar-refractivity contribution >= 4 is 17.9 Å². The van der Waals surface area contributed by atoms with Gasteiger partial charge >= 0.3 is 5.97 Å². The molecule has 0 aromatic carbocycles. The molecule has 4 nitrogen and oxygen atoms in total. The summed E-state index contributed by atoms with van der Waals surface area (Å²) in [5.74, 6) is 0.237. The van der Waals surface area contributed by atoms with Crippen molar-refractivity contribution in [2.24, 2.45) is 0 Å². The zero-order valence-electron chi connectivity index (χ0n) is 7.71. The van der Waals surface area contributed by atoms with Crippen LogP contribution in [0.3, 0.4) is 0 Å². The van der Waals surface area contributed by atoms with Crippen molar-refractivity contribution in [1.29, 1.82) is 0 Å². The zero-order chi connectivity index (χ0) is 9.97. The molecule has 0 fully saturated rings. The number of H-pyrrole nitrogens is 1. The Bertz CT molecular complexity index is 379. The van der Waals surface area contributed by atoms with E-state index in [1.807, 2.05) is 18.3 Å². The van der Waals surface area contributed by atoms with Gasteiger partial charge in [-0.05, 0) is 12.0 Å². The van der Waals surface area contributed by atoms with E-state index in [1.54, 1.807) is 0 Å². The summed E-state index contributed by atoms with van der Waals surface area (Å²) >= 11 is 0. The van der Waals surface area contributed by atoms with E-state index >= 15 is 0 Å². The second-order valence-electron chi connectivity index (χ2n) is 3.28. The summed E-state index contributed by atoms with van der Waals surface area (Å²) in [6.07, 6.45) is 6.68.